The SMILES string of the molecule is Cc1nc2n(n1)C(C(=O)Nc1ccc(F)cc1)CC(=O)N2. The van der Waals surface area contributed by atoms with Crippen molar-refractivity contribution in [3.05, 3.63) is 35.9 Å². The molecule has 2 aromatic rings. The first kappa shape index (κ1) is 13.2. The summed E-state index contributed by atoms with van der Waals surface area (Å²) in [6.07, 6.45) is -0.0250. The molecule has 21 heavy (non-hydrogen) atoms. The van der Waals surface area contributed by atoms with Crippen molar-refractivity contribution in [2.75, 3.05) is 10.6 Å². The molecule has 0 aliphatic carbocycles. The maximum atomic E-state index is 12.8. The standard InChI is InChI=1S/C13H12FN5O2/c1-7-15-13-17-11(20)6-10(19(13)18-7)12(21)16-9-4-2-8(14)3-5-9/h2-5,10H,6H2,1H3,(H,16,21)(H,15,17,18,20). The number of amides is 2. The van der Waals surface area contributed by atoms with Gasteiger partial charge in [0, 0.05) is 5.69 Å². The van der Waals surface area contributed by atoms with Crippen LogP contribution >= 0.6 is 0 Å². The lowest BCUT2D eigenvalue weighted by molar-refractivity contribution is -0.125. The minimum atomic E-state index is -0.778. The van der Waals surface area contributed by atoms with Crippen LogP contribution in [-0.4, -0.2) is 26.6 Å². The molecule has 1 aliphatic heterocycles. The molecule has 3 rings (SSSR count). The molecule has 2 N–H and O–H groups in total. The number of carbonyl (C=O) groups excluding carboxylic acids is 2. The third-order valence-electron chi connectivity index (χ3n) is 3.08. The zero-order valence-electron chi connectivity index (χ0n) is 11.1. The summed E-state index contributed by atoms with van der Waals surface area (Å²) in [5, 5.41) is 9.31. The molecular formula is C13H12FN5O2. The quantitative estimate of drug-likeness (QED) is 0.870. The fourth-order valence-corrected chi connectivity index (χ4v) is 2.13. The summed E-state index contributed by atoms with van der Waals surface area (Å²) >= 11 is 0. The third kappa shape index (κ3) is 2.60. The average Bonchev–Trinajstić information content (AvgIpc) is 2.80. The van der Waals surface area contributed by atoms with E-state index in [2.05, 4.69) is 20.7 Å². The normalized spacial score (nSPS) is 17.0. The molecular weight excluding hydrogens is 277 g/mol. The van der Waals surface area contributed by atoms with Crippen molar-refractivity contribution >= 4 is 23.5 Å². The highest BCUT2D eigenvalue weighted by Crippen LogP contribution is 2.24. The minimum Gasteiger partial charge on any atom is -0.324 e. The Hall–Kier alpha value is -2.77. The zero-order valence-corrected chi connectivity index (χ0v) is 11.1. The van der Waals surface area contributed by atoms with E-state index in [1.54, 1.807) is 6.92 Å². The van der Waals surface area contributed by atoms with Crippen LogP contribution in [0.25, 0.3) is 0 Å². The number of hydrogen-bond acceptors (Lipinski definition) is 4. The number of nitrogens with one attached hydrogen (secondary N) is 2. The topological polar surface area (TPSA) is 88.9 Å². The van der Waals surface area contributed by atoms with Gasteiger partial charge in [-0.1, -0.05) is 0 Å². The molecule has 2 amide bonds. The summed E-state index contributed by atoms with van der Waals surface area (Å²) < 4.78 is 14.2. The maximum Gasteiger partial charge on any atom is 0.249 e. The number of nitrogens with zero attached hydrogens (tertiary/aromatic N) is 3. The van der Waals surface area contributed by atoms with Gasteiger partial charge >= 0.3 is 0 Å². The van der Waals surface area contributed by atoms with Crippen molar-refractivity contribution in [2.45, 2.75) is 19.4 Å². The number of anilines is 2. The molecule has 108 valence electrons. The van der Waals surface area contributed by atoms with Crippen LogP contribution in [0.4, 0.5) is 16.0 Å². The molecule has 7 nitrogen and oxygen atoms in total. The number of aromatic nitrogens is 3. The van der Waals surface area contributed by atoms with Gasteiger partial charge in [-0.15, -0.1) is 0 Å². The van der Waals surface area contributed by atoms with E-state index in [0.29, 0.717) is 11.5 Å². The minimum absolute atomic E-state index is 0.0250. The number of halogens is 1. The van der Waals surface area contributed by atoms with Crippen LogP contribution in [0.2, 0.25) is 0 Å². The van der Waals surface area contributed by atoms with Gasteiger partial charge in [-0.25, -0.2) is 9.07 Å². The monoisotopic (exact) mass is 289 g/mol. The van der Waals surface area contributed by atoms with Crippen molar-refractivity contribution in [3.8, 4) is 0 Å². The summed E-state index contributed by atoms with van der Waals surface area (Å²) in [5.41, 5.74) is 0.450. The second-order valence-electron chi connectivity index (χ2n) is 4.69. The van der Waals surface area contributed by atoms with E-state index in [4.69, 9.17) is 0 Å². The van der Waals surface area contributed by atoms with Gasteiger partial charge in [0.15, 0.2) is 0 Å². The van der Waals surface area contributed by atoms with Gasteiger partial charge in [0.25, 0.3) is 0 Å². The predicted molar refractivity (Wildman–Crippen MR) is 72.1 cm³/mol. The molecule has 1 aromatic carbocycles. The van der Waals surface area contributed by atoms with Crippen molar-refractivity contribution in [1.82, 2.24) is 14.8 Å². The first-order chi connectivity index (χ1) is 10.0. The molecule has 0 saturated heterocycles. The van der Waals surface area contributed by atoms with E-state index in [0.717, 1.165) is 0 Å². The van der Waals surface area contributed by atoms with Gasteiger partial charge < -0.3 is 5.32 Å². The Morgan fingerprint density at radius 1 is 1.43 bits per heavy atom. The van der Waals surface area contributed by atoms with Gasteiger partial charge in [-0.05, 0) is 31.2 Å². The highest BCUT2D eigenvalue weighted by molar-refractivity contribution is 6.00. The van der Waals surface area contributed by atoms with Crippen LogP contribution in [-0.2, 0) is 9.59 Å². The zero-order chi connectivity index (χ0) is 15.0. The highest BCUT2D eigenvalue weighted by atomic mass is 19.1. The lowest BCUT2D eigenvalue weighted by atomic mass is 10.1. The molecule has 0 fully saturated rings. The van der Waals surface area contributed by atoms with Crippen LogP contribution in [0.5, 0.6) is 0 Å². The second kappa shape index (κ2) is 4.97. The van der Waals surface area contributed by atoms with Crippen molar-refractivity contribution in [3.63, 3.8) is 0 Å². The Kier molecular flexibility index (Phi) is 3.13. The van der Waals surface area contributed by atoms with E-state index in [1.165, 1.54) is 28.9 Å². The Balaban J connectivity index is 1.84. The second-order valence-corrected chi connectivity index (χ2v) is 4.69. The van der Waals surface area contributed by atoms with Crippen molar-refractivity contribution < 1.29 is 14.0 Å². The average molecular weight is 289 g/mol. The number of hydrogen-bond donors (Lipinski definition) is 2. The summed E-state index contributed by atoms with van der Waals surface area (Å²) in [5.74, 6) is -0.370. The van der Waals surface area contributed by atoms with Crippen LogP contribution in [0.3, 0.4) is 0 Å². The highest BCUT2D eigenvalue weighted by Gasteiger charge is 2.32. The first-order valence-electron chi connectivity index (χ1n) is 6.32. The molecule has 2 heterocycles. The van der Waals surface area contributed by atoms with Crippen LogP contribution < -0.4 is 10.6 Å². The van der Waals surface area contributed by atoms with Gasteiger partial charge in [-0.2, -0.15) is 10.1 Å². The fourth-order valence-electron chi connectivity index (χ4n) is 2.13. The van der Waals surface area contributed by atoms with Crippen molar-refractivity contribution in [1.29, 1.82) is 0 Å². The van der Waals surface area contributed by atoms with Crippen LogP contribution in [0.15, 0.2) is 24.3 Å². The summed E-state index contributed by atoms with van der Waals surface area (Å²) in [6.45, 7) is 1.67. The Labute approximate surface area is 119 Å². The largest absolute Gasteiger partial charge is 0.324 e. The van der Waals surface area contributed by atoms with Gasteiger partial charge in [-0.3, -0.25) is 14.9 Å². The molecule has 0 radical (unpaired) electrons. The van der Waals surface area contributed by atoms with E-state index in [1.807, 2.05) is 0 Å². The molecule has 0 spiro atoms. The Morgan fingerprint density at radius 2 is 2.14 bits per heavy atom. The van der Waals surface area contributed by atoms with E-state index in [-0.39, 0.29) is 24.1 Å². The van der Waals surface area contributed by atoms with E-state index >= 15 is 0 Å². The Morgan fingerprint density at radius 3 is 2.86 bits per heavy atom. The maximum absolute atomic E-state index is 12.8. The van der Waals surface area contributed by atoms with E-state index in [9.17, 15) is 14.0 Å². The molecule has 1 aromatic heterocycles. The van der Waals surface area contributed by atoms with Crippen LogP contribution in [0, 0.1) is 12.7 Å². The lowest BCUT2D eigenvalue weighted by Crippen LogP contribution is -2.36. The molecule has 1 unspecified atom stereocenters. The van der Waals surface area contributed by atoms with Gasteiger partial charge in [0.05, 0.1) is 6.42 Å². The third-order valence-corrected chi connectivity index (χ3v) is 3.08. The number of rotatable bonds is 2. The summed E-state index contributed by atoms with van der Waals surface area (Å²) in [6, 6.07) is 4.61. The molecule has 1 atom stereocenters. The van der Waals surface area contributed by atoms with Gasteiger partial charge in [0.2, 0.25) is 17.8 Å². The predicted octanol–water partition coefficient (Wildman–Crippen LogP) is 1.25. The smallest absolute Gasteiger partial charge is 0.249 e. The number of benzene rings is 1. The first-order valence-corrected chi connectivity index (χ1v) is 6.32. The Bertz CT molecular complexity index is 710. The van der Waals surface area contributed by atoms with Crippen molar-refractivity contribution in [2.24, 2.45) is 0 Å². The molecule has 1 aliphatic rings. The molecule has 8 heteroatoms. The number of carbonyl (C=O) groups is 2. The summed E-state index contributed by atoms with van der Waals surface area (Å²) in [4.78, 5) is 28.0. The molecule has 0 bridgehead atoms. The number of aryl methyl sites for hydroxylation is 1. The summed E-state index contributed by atoms with van der Waals surface area (Å²) in [7, 11) is 0. The van der Waals surface area contributed by atoms with Crippen LogP contribution in [0.1, 0.15) is 18.3 Å². The molecule has 0 saturated carbocycles. The van der Waals surface area contributed by atoms with E-state index < -0.39 is 11.9 Å². The fraction of sp³-hybridized carbons (Fsp3) is 0.231. The lowest BCUT2D eigenvalue weighted by Gasteiger charge is -2.22. The van der Waals surface area contributed by atoms with Gasteiger partial charge in [0.1, 0.15) is 17.7 Å². The number of fused-ring (bicyclic) bond motifs is 1.